The molecule has 7 unspecified atom stereocenters. The summed E-state index contributed by atoms with van der Waals surface area (Å²) in [6.45, 7) is -1.39. The number of carbonyl (C=O) groups is 3. The molecule has 0 aromatic rings. The number of carbonyl (C=O) groups excluding carboxylic acids is 2. The molecule has 4 heterocycles. The van der Waals surface area contributed by atoms with E-state index in [1.165, 1.54) is 0 Å². The average molecular weight is 922 g/mol. The van der Waals surface area contributed by atoms with Gasteiger partial charge in [0, 0.05) is 26.9 Å². The number of ether oxygens (including phenoxy) is 8. The first-order valence-electron chi connectivity index (χ1n) is 20.4. The van der Waals surface area contributed by atoms with Crippen LogP contribution in [0.1, 0.15) is 39.5 Å². The number of nitrogens with one attached hydrogen (secondary N) is 2. The Morgan fingerprint density at radius 3 is 1.87 bits per heavy atom. The second-order valence-electron chi connectivity index (χ2n) is 15.8. The quantitative estimate of drug-likeness (QED) is 0.0475. The van der Waals surface area contributed by atoms with Crippen LogP contribution in [0.2, 0.25) is 0 Å². The number of aliphatic hydroxyl groups is 12. The van der Waals surface area contributed by atoms with Gasteiger partial charge in [-0.3, -0.25) is 9.59 Å². The van der Waals surface area contributed by atoms with Crippen LogP contribution < -0.4 is 16.4 Å². The maximum atomic E-state index is 12.9. The lowest BCUT2D eigenvalue weighted by Crippen LogP contribution is -2.70. The molecule has 4 aliphatic heterocycles. The first kappa shape index (κ1) is 53.2. The highest BCUT2D eigenvalue weighted by atomic mass is 16.8. The fraction of sp³-hybridized carbons (Fsp3) is 0.917. The van der Waals surface area contributed by atoms with Crippen molar-refractivity contribution in [1.82, 2.24) is 10.6 Å². The van der Waals surface area contributed by atoms with E-state index in [1.54, 1.807) is 0 Å². The van der Waals surface area contributed by atoms with Crippen molar-refractivity contribution >= 4 is 17.8 Å². The number of amides is 2. The van der Waals surface area contributed by atoms with Crippen molar-refractivity contribution < 1.29 is 119 Å². The predicted molar refractivity (Wildman–Crippen MR) is 201 cm³/mol. The van der Waals surface area contributed by atoms with E-state index in [2.05, 4.69) is 10.6 Å². The minimum atomic E-state index is -2.98. The summed E-state index contributed by atoms with van der Waals surface area (Å²) in [5, 5.41) is 143. The number of hydrogen-bond acceptors (Lipinski definition) is 24. The fourth-order valence-corrected chi connectivity index (χ4v) is 7.68. The molecule has 0 radical (unpaired) electrons. The van der Waals surface area contributed by atoms with E-state index in [0.717, 1.165) is 13.8 Å². The van der Waals surface area contributed by atoms with E-state index in [-0.39, 0.29) is 6.61 Å². The third-order valence-electron chi connectivity index (χ3n) is 11.1. The Bertz CT molecular complexity index is 1460. The highest BCUT2D eigenvalue weighted by molar-refractivity contribution is 5.76. The number of aliphatic carboxylic acids is 1. The lowest BCUT2D eigenvalue weighted by Gasteiger charge is -2.50. The van der Waals surface area contributed by atoms with Gasteiger partial charge in [-0.25, -0.2) is 4.79 Å². The van der Waals surface area contributed by atoms with Crippen LogP contribution in [0.5, 0.6) is 0 Å². The molecule has 4 rings (SSSR count). The van der Waals surface area contributed by atoms with Gasteiger partial charge in [0.15, 0.2) is 18.9 Å². The molecule has 27 nitrogen and oxygen atoms in total. The van der Waals surface area contributed by atoms with E-state index in [9.17, 15) is 80.8 Å². The van der Waals surface area contributed by atoms with Gasteiger partial charge in [-0.05, 0) is 25.8 Å². The number of hydrogen-bond donors (Lipinski definition) is 16. The zero-order valence-corrected chi connectivity index (χ0v) is 34.5. The minimum Gasteiger partial charge on any atom is -0.477 e. The Balaban J connectivity index is 1.73. The summed E-state index contributed by atoms with van der Waals surface area (Å²) in [5.41, 5.74) is 5.54. The van der Waals surface area contributed by atoms with Gasteiger partial charge in [0.05, 0.1) is 38.6 Å². The van der Waals surface area contributed by atoms with E-state index < -0.39 is 179 Å². The largest absolute Gasteiger partial charge is 0.477 e. The van der Waals surface area contributed by atoms with Gasteiger partial charge in [0.2, 0.25) is 11.8 Å². The zero-order valence-electron chi connectivity index (χ0n) is 34.5. The van der Waals surface area contributed by atoms with Crippen molar-refractivity contribution in [3.8, 4) is 0 Å². The Kier molecular flexibility index (Phi) is 20.1. The lowest BCUT2D eigenvalue weighted by molar-refractivity contribution is -0.372. The van der Waals surface area contributed by atoms with Crippen molar-refractivity contribution in [2.24, 2.45) is 5.73 Å². The van der Waals surface area contributed by atoms with E-state index in [1.807, 2.05) is 0 Å². The summed E-state index contributed by atoms with van der Waals surface area (Å²) in [5.74, 6) is -6.53. The first-order valence-corrected chi connectivity index (χ1v) is 20.4. The molecule has 4 aliphatic rings. The smallest absolute Gasteiger partial charge is 0.364 e. The van der Waals surface area contributed by atoms with Gasteiger partial charge in [-0.15, -0.1) is 0 Å². The molecule has 0 aromatic heterocycles. The maximum Gasteiger partial charge on any atom is 0.364 e. The second-order valence-corrected chi connectivity index (χ2v) is 15.8. The predicted octanol–water partition coefficient (Wildman–Crippen LogP) is -9.10. The normalized spacial score (nSPS) is 42.0. The maximum absolute atomic E-state index is 12.9. The third-order valence-corrected chi connectivity index (χ3v) is 11.1. The van der Waals surface area contributed by atoms with Crippen LogP contribution in [0.4, 0.5) is 0 Å². The Hall–Kier alpha value is -2.43. The Labute approximate surface area is 360 Å². The van der Waals surface area contributed by atoms with Crippen molar-refractivity contribution in [3.63, 3.8) is 0 Å². The molecule has 17 N–H and O–H groups in total. The van der Waals surface area contributed by atoms with Gasteiger partial charge >= 0.3 is 5.97 Å². The summed E-state index contributed by atoms with van der Waals surface area (Å²) in [6.07, 6.45) is -33.1. The highest BCUT2D eigenvalue weighted by Gasteiger charge is 2.58. The average Bonchev–Trinajstić information content (AvgIpc) is 3.24. The molecule has 0 aliphatic carbocycles. The second kappa shape index (κ2) is 23.8. The van der Waals surface area contributed by atoms with Gasteiger partial charge in [0.1, 0.15) is 91.5 Å². The lowest BCUT2D eigenvalue weighted by atomic mass is 9.88. The summed E-state index contributed by atoms with van der Waals surface area (Å²) in [4.78, 5) is 37.6. The number of aliphatic hydroxyl groups excluding tert-OH is 12. The molecule has 0 bridgehead atoms. The number of nitrogens with two attached hydrogens (primary N) is 1. The van der Waals surface area contributed by atoms with Crippen molar-refractivity contribution in [2.75, 3.05) is 39.6 Å². The van der Waals surface area contributed by atoms with Gasteiger partial charge < -0.3 is 121 Å². The molecule has 4 saturated heterocycles. The highest BCUT2D eigenvalue weighted by Crippen LogP contribution is 2.37. The van der Waals surface area contributed by atoms with Gasteiger partial charge in [-0.1, -0.05) is 0 Å². The van der Waals surface area contributed by atoms with Crippen LogP contribution in [0.3, 0.4) is 0 Å². The molecular formula is C36H63N3O24. The number of carboxylic acid groups (broad SMARTS) is 1. The van der Waals surface area contributed by atoms with E-state index in [0.29, 0.717) is 25.8 Å². The molecule has 4 fully saturated rings. The van der Waals surface area contributed by atoms with Gasteiger partial charge in [-0.2, -0.15) is 0 Å². The molecule has 366 valence electrons. The van der Waals surface area contributed by atoms with Crippen LogP contribution in [-0.2, 0) is 52.3 Å². The molecule has 0 saturated carbocycles. The molecule has 21 atom stereocenters. The zero-order chi connectivity index (χ0) is 46.9. The number of unbranched alkanes of at least 4 members (excludes halogenated alkanes) is 2. The minimum absolute atomic E-state index is 0.0300. The molecular weight excluding hydrogens is 858 g/mol. The summed E-state index contributed by atoms with van der Waals surface area (Å²) in [7, 11) is 0. The van der Waals surface area contributed by atoms with Crippen LogP contribution in [0.25, 0.3) is 0 Å². The van der Waals surface area contributed by atoms with Crippen LogP contribution in [0, 0.1) is 0 Å². The van der Waals surface area contributed by atoms with Crippen molar-refractivity contribution in [2.45, 2.75) is 168 Å². The van der Waals surface area contributed by atoms with Gasteiger partial charge in [0.25, 0.3) is 5.79 Å². The Morgan fingerprint density at radius 2 is 1.29 bits per heavy atom. The summed E-state index contributed by atoms with van der Waals surface area (Å²) in [6, 6.07) is -3.32. The SMILES string of the molecule is CC(=O)N[C@H]1C(O[C@@H]2OC(CO)[C@H](O)C(O)[C@@H]2O)[C@@H](O)C(CO[C@]2(C(=O)O)C[C@@H](O)[C@@H](NC(C)=O)C([C@H](O)[C@H](O)CO)O2)O[C@H]1OC1[C@@H](O)C(CO)O[C@@H](OCCCCCN)[C@H]1O. The van der Waals surface area contributed by atoms with E-state index in [4.69, 9.17) is 43.6 Å². The molecule has 2 amide bonds. The van der Waals surface area contributed by atoms with Crippen molar-refractivity contribution in [1.29, 1.82) is 0 Å². The van der Waals surface area contributed by atoms with Crippen LogP contribution in [0.15, 0.2) is 0 Å². The number of rotatable bonds is 21. The first-order chi connectivity index (χ1) is 29.7. The number of carboxylic acids is 1. The Morgan fingerprint density at radius 1 is 0.714 bits per heavy atom. The fourth-order valence-electron chi connectivity index (χ4n) is 7.68. The van der Waals surface area contributed by atoms with E-state index >= 15 is 0 Å². The standard InChI is InChI=1S/C36H63N3O24/c1-13(43)38-20-15(45)8-36(35(54)55,63-30(20)22(47)16(46)9-40)57-12-19-25(50)29(61-34-27(52)26(51)23(48)17(10-41)59-34)21(39-14(2)44)32(60-19)62-31-24(49)18(11-42)58-33(28(31)53)56-7-5-3-4-6-37/h15-34,40-42,45-53H,3-12,37H2,1-2H3,(H,38,43)(H,39,44)(H,54,55)/t15-,16-,17?,18?,19?,20-,21+,22-,23+,24+,25+,26?,27+,28+,29?,30?,31?,32+,33-,34+,36-/m1/s1. The van der Waals surface area contributed by atoms with Crippen LogP contribution in [-0.4, -0.2) is 252 Å². The monoisotopic (exact) mass is 921 g/mol. The van der Waals surface area contributed by atoms with Crippen molar-refractivity contribution in [3.05, 3.63) is 0 Å². The molecule has 27 heteroatoms. The summed E-state index contributed by atoms with van der Waals surface area (Å²) >= 11 is 0. The molecule has 63 heavy (non-hydrogen) atoms. The topological polar surface area (TPSA) is 438 Å². The van der Waals surface area contributed by atoms with Crippen LogP contribution >= 0.6 is 0 Å². The molecule has 0 aromatic carbocycles. The third kappa shape index (κ3) is 12.7. The molecule has 0 spiro atoms. The summed E-state index contributed by atoms with van der Waals surface area (Å²) < 4.78 is 46.1.